The van der Waals surface area contributed by atoms with Crippen LogP contribution in [0.1, 0.15) is 31.2 Å². The Hall–Kier alpha value is -1.98. The smallest absolute Gasteiger partial charge is 0.234 e. The van der Waals surface area contributed by atoms with Gasteiger partial charge in [0.2, 0.25) is 5.91 Å². The summed E-state index contributed by atoms with van der Waals surface area (Å²) in [5.74, 6) is -0.179. The number of carbonyl (C=O) groups is 1. The number of nitrogens with zero attached hydrogens (tertiary/aromatic N) is 1. The van der Waals surface area contributed by atoms with Gasteiger partial charge in [-0.1, -0.05) is 18.0 Å². The van der Waals surface area contributed by atoms with Crippen molar-refractivity contribution < 1.29 is 14.4 Å². The van der Waals surface area contributed by atoms with Crippen molar-refractivity contribution in [2.24, 2.45) is 16.3 Å². The van der Waals surface area contributed by atoms with Gasteiger partial charge in [-0.15, -0.1) is 0 Å². The molecule has 1 amide bonds. The molecule has 0 spiro atoms. The van der Waals surface area contributed by atoms with E-state index in [1.807, 2.05) is 0 Å². The van der Waals surface area contributed by atoms with Gasteiger partial charge in [-0.3, -0.25) is 4.79 Å². The van der Waals surface area contributed by atoms with E-state index in [0.29, 0.717) is 19.4 Å². The zero-order valence-corrected chi connectivity index (χ0v) is 10.1. The molecule has 98 valence electrons. The quantitative estimate of drug-likeness (QED) is 0.324. The number of rotatable bonds is 4. The van der Waals surface area contributed by atoms with Crippen molar-refractivity contribution in [2.75, 3.05) is 0 Å². The number of nitrogens with one attached hydrogen (secondary N) is 1. The highest BCUT2D eigenvalue weighted by Crippen LogP contribution is 2.38. The van der Waals surface area contributed by atoms with Crippen LogP contribution in [-0.4, -0.2) is 17.0 Å². The molecular formula is C12H17N3O3. The fourth-order valence-electron chi connectivity index (χ4n) is 2.42. The molecule has 0 unspecified atom stereocenters. The second kappa shape index (κ2) is 5.12. The molecule has 2 rings (SSSR count). The molecule has 1 fully saturated rings. The maximum atomic E-state index is 12.2. The highest BCUT2D eigenvalue weighted by molar-refractivity contribution is 6.06. The Morgan fingerprint density at radius 3 is 2.83 bits per heavy atom. The lowest BCUT2D eigenvalue weighted by atomic mass is 9.84. The molecule has 18 heavy (non-hydrogen) atoms. The van der Waals surface area contributed by atoms with E-state index in [-0.39, 0.29) is 11.7 Å². The molecule has 0 atom stereocenters. The third-order valence-electron chi connectivity index (χ3n) is 3.52. The largest absolute Gasteiger partial charge is 0.472 e. The SMILES string of the molecule is N/C(=N/O)C1(C(=O)NCc2ccoc2)CCCC1. The Balaban J connectivity index is 2.05. The minimum absolute atomic E-state index is 0.00435. The topological polar surface area (TPSA) is 101 Å². The van der Waals surface area contributed by atoms with E-state index in [0.717, 1.165) is 18.4 Å². The summed E-state index contributed by atoms with van der Waals surface area (Å²) in [6, 6.07) is 1.78. The third kappa shape index (κ3) is 2.18. The second-order valence-corrected chi connectivity index (χ2v) is 4.59. The van der Waals surface area contributed by atoms with E-state index in [9.17, 15) is 4.79 Å². The van der Waals surface area contributed by atoms with E-state index in [1.165, 1.54) is 0 Å². The molecule has 1 aliphatic rings. The molecule has 0 saturated heterocycles. The molecule has 1 aromatic rings. The van der Waals surface area contributed by atoms with Crippen LogP contribution >= 0.6 is 0 Å². The van der Waals surface area contributed by atoms with Crippen LogP contribution in [0.5, 0.6) is 0 Å². The monoisotopic (exact) mass is 251 g/mol. The van der Waals surface area contributed by atoms with Crippen molar-refractivity contribution in [3.05, 3.63) is 24.2 Å². The van der Waals surface area contributed by atoms with Crippen LogP contribution in [0.2, 0.25) is 0 Å². The number of hydrogen-bond donors (Lipinski definition) is 3. The molecular weight excluding hydrogens is 234 g/mol. The number of amides is 1. The average Bonchev–Trinajstić information content (AvgIpc) is 3.06. The average molecular weight is 251 g/mol. The van der Waals surface area contributed by atoms with Crippen molar-refractivity contribution >= 4 is 11.7 Å². The highest BCUT2D eigenvalue weighted by atomic mass is 16.4. The van der Waals surface area contributed by atoms with Crippen molar-refractivity contribution in [2.45, 2.75) is 32.2 Å². The summed E-state index contributed by atoms with van der Waals surface area (Å²) in [6.45, 7) is 0.385. The van der Waals surface area contributed by atoms with Crippen LogP contribution in [0, 0.1) is 5.41 Å². The lowest BCUT2D eigenvalue weighted by Crippen LogP contribution is -2.47. The number of hydrogen-bond acceptors (Lipinski definition) is 4. The molecule has 6 nitrogen and oxygen atoms in total. The molecule has 0 aliphatic heterocycles. The summed E-state index contributed by atoms with van der Waals surface area (Å²) >= 11 is 0. The number of furan rings is 1. The maximum Gasteiger partial charge on any atom is 0.234 e. The highest BCUT2D eigenvalue weighted by Gasteiger charge is 2.45. The molecule has 1 saturated carbocycles. The first kappa shape index (κ1) is 12.5. The maximum absolute atomic E-state index is 12.2. The molecule has 4 N–H and O–H groups in total. The number of amidine groups is 1. The van der Waals surface area contributed by atoms with Gasteiger partial charge < -0.3 is 20.7 Å². The Morgan fingerprint density at radius 2 is 2.28 bits per heavy atom. The lowest BCUT2D eigenvalue weighted by molar-refractivity contribution is -0.127. The van der Waals surface area contributed by atoms with Crippen molar-refractivity contribution in [1.82, 2.24) is 5.32 Å². The summed E-state index contributed by atoms with van der Waals surface area (Å²) < 4.78 is 4.93. The third-order valence-corrected chi connectivity index (χ3v) is 3.52. The van der Waals surface area contributed by atoms with Gasteiger partial charge in [0.25, 0.3) is 0 Å². The van der Waals surface area contributed by atoms with Crippen molar-refractivity contribution in [3.8, 4) is 0 Å². The van der Waals surface area contributed by atoms with Gasteiger partial charge in [0.05, 0.1) is 12.5 Å². The van der Waals surface area contributed by atoms with Crippen LogP contribution in [0.4, 0.5) is 0 Å². The van der Waals surface area contributed by atoms with E-state index in [4.69, 9.17) is 15.4 Å². The fraction of sp³-hybridized carbons (Fsp3) is 0.500. The number of carbonyl (C=O) groups excluding carboxylic acids is 1. The minimum atomic E-state index is -0.849. The van der Waals surface area contributed by atoms with Gasteiger partial charge in [0.15, 0.2) is 5.84 Å². The van der Waals surface area contributed by atoms with Gasteiger partial charge in [-0.05, 0) is 18.9 Å². The van der Waals surface area contributed by atoms with Crippen LogP contribution in [0.15, 0.2) is 28.2 Å². The second-order valence-electron chi connectivity index (χ2n) is 4.59. The minimum Gasteiger partial charge on any atom is -0.472 e. The normalized spacial score (nSPS) is 18.8. The van der Waals surface area contributed by atoms with Crippen LogP contribution in [0.25, 0.3) is 0 Å². The Labute approximate surface area is 105 Å². The number of nitrogens with two attached hydrogens (primary N) is 1. The summed E-state index contributed by atoms with van der Waals surface area (Å²) in [5, 5.41) is 14.7. The molecule has 0 aromatic carbocycles. The summed E-state index contributed by atoms with van der Waals surface area (Å²) in [7, 11) is 0. The van der Waals surface area contributed by atoms with Crippen LogP contribution in [0.3, 0.4) is 0 Å². The van der Waals surface area contributed by atoms with Gasteiger partial charge in [0.1, 0.15) is 5.41 Å². The van der Waals surface area contributed by atoms with Crippen molar-refractivity contribution in [1.29, 1.82) is 0 Å². The van der Waals surface area contributed by atoms with Crippen molar-refractivity contribution in [3.63, 3.8) is 0 Å². The predicted molar refractivity (Wildman–Crippen MR) is 64.9 cm³/mol. The molecule has 0 radical (unpaired) electrons. The molecule has 1 heterocycles. The standard InChI is InChI=1S/C12H17N3O3/c13-10(15-17)12(4-1-2-5-12)11(16)14-7-9-3-6-18-8-9/h3,6,8,17H,1-2,4-5,7H2,(H2,13,15)(H,14,16). The Bertz CT molecular complexity index is 433. The zero-order chi connectivity index (χ0) is 13.0. The first-order chi connectivity index (χ1) is 8.69. The van der Waals surface area contributed by atoms with Gasteiger partial charge >= 0.3 is 0 Å². The van der Waals surface area contributed by atoms with Crippen LogP contribution < -0.4 is 11.1 Å². The summed E-state index contributed by atoms with van der Waals surface area (Å²) in [5.41, 5.74) is 5.72. The first-order valence-corrected chi connectivity index (χ1v) is 5.96. The lowest BCUT2D eigenvalue weighted by Gasteiger charge is -2.25. The Kier molecular flexibility index (Phi) is 3.55. The zero-order valence-electron chi connectivity index (χ0n) is 10.1. The molecule has 1 aliphatic carbocycles. The predicted octanol–water partition coefficient (Wildman–Crippen LogP) is 1.20. The molecule has 6 heteroatoms. The Morgan fingerprint density at radius 1 is 1.56 bits per heavy atom. The van der Waals surface area contributed by atoms with E-state index in [2.05, 4.69) is 10.5 Å². The summed E-state index contributed by atoms with van der Waals surface area (Å²) in [4.78, 5) is 12.2. The molecule has 0 bridgehead atoms. The van der Waals surface area contributed by atoms with E-state index >= 15 is 0 Å². The van der Waals surface area contributed by atoms with Gasteiger partial charge in [-0.2, -0.15) is 0 Å². The first-order valence-electron chi connectivity index (χ1n) is 5.96. The van der Waals surface area contributed by atoms with E-state index in [1.54, 1.807) is 18.6 Å². The summed E-state index contributed by atoms with van der Waals surface area (Å²) in [6.07, 6.45) is 6.20. The fourth-order valence-corrected chi connectivity index (χ4v) is 2.42. The molecule has 1 aromatic heterocycles. The number of oxime groups is 1. The van der Waals surface area contributed by atoms with Crippen LogP contribution in [-0.2, 0) is 11.3 Å². The van der Waals surface area contributed by atoms with Gasteiger partial charge in [-0.25, -0.2) is 0 Å². The van der Waals surface area contributed by atoms with E-state index < -0.39 is 5.41 Å². The van der Waals surface area contributed by atoms with Gasteiger partial charge in [0, 0.05) is 12.1 Å².